The van der Waals surface area contributed by atoms with Crippen molar-refractivity contribution in [1.82, 2.24) is 9.97 Å². The average Bonchev–Trinajstić information content (AvgIpc) is 3.09. The molecule has 1 amide bonds. The molecule has 1 aliphatic carbocycles. The highest BCUT2D eigenvalue weighted by molar-refractivity contribution is 7.17. The Kier molecular flexibility index (Phi) is 4.53. The molecule has 1 aliphatic rings. The molecule has 3 N–H and O–H groups in total. The molecule has 1 fully saturated rings. The van der Waals surface area contributed by atoms with Crippen LogP contribution in [-0.4, -0.2) is 26.1 Å². The predicted octanol–water partition coefficient (Wildman–Crippen LogP) is 2.24. The molecule has 0 aromatic carbocycles. The topological polar surface area (TPSA) is 95.3 Å². The second-order valence-electron chi connectivity index (χ2n) is 5.50. The summed E-state index contributed by atoms with van der Waals surface area (Å²) in [7, 11) is 0. The van der Waals surface area contributed by atoms with Gasteiger partial charge in [-0.1, -0.05) is 6.92 Å². The van der Waals surface area contributed by atoms with Gasteiger partial charge in [0.2, 0.25) is 5.91 Å². The van der Waals surface area contributed by atoms with Gasteiger partial charge in [-0.2, -0.15) is 0 Å². The van der Waals surface area contributed by atoms with Crippen LogP contribution in [0.3, 0.4) is 0 Å². The lowest BCUT2D eigenvalue weighted by molar-refractivity contribution is -0.123. The lowest BCUT2D eigenvalue weighted by atomic mass is 9.76. The Balaban J connectivity index is 1.73. The number of aliphatic hydroxyl groups is 2. The van der Waals surface area contributed by atoms with E-state index in [-0.39, 0.29) is 25.0 Å². The number of nitrogens with one attached hydrogen (secondary N) is 1. The Hall–Kier alpha value is -1.35. The van der Waals surface area contributed by atoms with Gasteiger partial charge in [-0.25, -0.2) is 9.97 Å². The van der Waals surface area contributed by atoms with Gasteiger partial charge >= 0.3 is 0 Å². The molecule has 2 aromatic heterocycles. The predicted molar refractivity (Wildman–Crippen MR) is 85.6 cm³/mol. The van der Waals surface area contributed by atoms with Gasteiger partial charge in [-0.3, -0.25) is 4.79 Å². The number of anilines is 1. The van der Waals surface area contributed by atoms with E-state index in [0.717, 1.165) is 17.7 Å². The van der Waals surface area contributed by atoms with Gasteiger partial charge in [0.05, 0.1) is 29.5 Å². The average molecular weight is 339 g/mol. The molecule has 0 radical (unpaired) electrons. The number of aromatic nitrogens is 2. The molecule has 3 rings (SSSR count). The molecule has 2 heterocycles. The molecule has 0 saturated heterocycles. The van der Waals surface area contributed by atoms with Gasteiger partial charge in [0.15, 0.2) is 5.13 Å². The summed E-state index contributed by atoms with van der Waals surface area (Å²) >= 11 is 2.66. The first kappa shape index (κ1) is 15.5. The number of aliphatic hydroxyl groups excluding tert-OH is 2. The second kappa shape index (κ2) is 6.41. The van der Waals surface area contributed by atoms with Gasteiger partial charge in [0.25, 0.3) is 0 Å². The summed E-state index contributed by atoms with van der Waals surface area (Å²) in [4.78, 5) is 21.3. The van der Waals surface area contributed by atoms with Crippen LogP contribution in [0.25, 0.3) is 10.6 Å². The van der Waals surface area contributed by atoms with Crippen LogP contribution < -0.4 is 5.32 Å². The standard InChI is InChI=1S/C14H17N3O3S2/c1-7-2-8(3-7)13(20)17-14-16-10(6-21-14)12-9(4-18)15-11(5-19)22-12/h6-8,18-19H,2-5H2,1H3,(H,16,17,20). The fraction of sp³-hybridized carbons (Fsp3) is 0.500. The van der Waals surface area contributed by atoms with Gasteiger partial charge < -0.3 is 15.5 Å². The van der Waals surface area contributed by atoms with Gasteiger partial charge in [0, 0.05) is 11.3 Å². The molecular weight excluding hydrogens is 322 g/mol. The zero-order chi connectivity index (χ0) is 15.7. The third-order valence-corrected chi connectivity index (χ3v) is 5.60. The number of carbonyl (C=O) groups is 1. The number of nitrogens with zero attached hydrogens (tertiary/aromatic N) is 2. The summed E-state index contributed by atoms with van der Waals surface area (Å²) < 4.78 is 0. The number of carbonyl (C=O) groups excluding carboxylic acids is 1. The maximum atomic E-state index is 12.0. The van der Waals surface area contributed by atoms with E-state index in [1.54, 1.807) is 0 Å². The summed E-state index contributed by atoms with van der Waals surface area (Å²) in [5.41, 5.74) is 1.17. The van der Waals surface area contributed by atoms with Crippen LogP contribution in [-0.2, 0) is 18.0 Å². The van der Waals surface area contributed by atoms with Crippen molar-refractivity contribution in [3.63, 3.8) is 0 Å². The maximum Gasteiger partial charge on any atom is 0.229 e. The molecule has 6 nitrogen and oxygen atoms in total. The molecule has 118 valence electrons. The van der Waals surface area contributed by atoms with Gasteiger partial charge in [-0.05, 0) is 18.8 Å². The van der Waals surface area contributed by atoms with Crippen LogP contribution in [0.15, 0.2) is 5.38 Å². The number of thiazole rings is 2. The van der Waals surface area contributed by atoms with E-state index in [4.69, 9.17) is 5.11 Å². The summed E-state index contributed by atoms with van der Waals surface area (Å²) in [6.07, 6.45) is 1.88. The minimum Gasteiger partial charge on any atom is -0.390 e. The van der Waals surface area contributed by atoms with E-state index in [9.17, 15) is 9.90 Å². The molecule has 2 aromatic rings. The van der Waals surface area contributed by atoms with Crippen molar-refractivity contribution >= 4 is 33.7 Å². The highest BCUT2D eigenvalue weighted by atomic mass is 32.1. The molecule has 1 saturated carbocycles. The normalized spacial score (nSPS) is 20.7. The Morgan fingerprint density at radius 2 is 2.14 bits per heavy atom. The van der Waals surface area contributed by atoms with Crippen LogP contribution in [0.4, 0.5) is 5.13 Å². The smallest absolute Gasteiger partial charge is 0.229 e. The van der Waals surface area contributed by atoms with E-state index in [0.29, 0.717) is 27.4 Å². The number of rotatable bonds is 5. The van der Waals surface area contributed by atoms with Crippen LogP contribution in [0.2, 0.25) is 0 Å². The molecule has 0 spiro atoms. The van der Waals surface area contributed by atoms with Gasteiger partial charge in [0.1, 0.15) is 5.01 Å². The van der Waals surface area contributed by atoms with Crippen molar-refractivity contribution in [3.05, 3.63) is 16.1 Å². The highest BCUT2D eigenvalue weighted by Crippen LogP contribution is 2.35. The minimum absolute atomic E-state index is 0.0294. The first-order chi connectivity index (χ1) is 10.6. The van der Waals surface area contributed by atoms with E-state index in [1.807, 2.05) is 5.38 Å². The Morgan fingerprint density at radius 3 is 2.77 bits per heavy atom. The van der Waals surface area contributed by atoms with Gasteiger partial charge in [-0.15, -0.1) is 22.7 Å². The zero-order valence-electron chi connectivity index (χ0n) is 12.1. The van der Waals surface area contributed by atoms with Crippen molar-refractivity contribution in [2.24, 2.45) is 11.8 Å². The van der Waals surface area contributed by atoms with Crippen LogP contribution >= 0.6 is 22.7 Å². The zero-order valence-corrected chi connectivity index (χ0v) is 13.7. The second-order valence-corrected chi connectivity index (χ2v) is 7.44. The Bertz CT molecular complexity index is 677. The molecular formula is C14H17N3O3S2. The molecule has 0 aliphatic heterocycles. The maximum absolute atomic E-state index is 12.0. The van der Waals surface area contributed by atoms with Crippen molar-refractivity contribution < 1.29 is 15.0 Å². The van der Waals surface area contributed by atoms with E-state index < -0.39 is 0 Å². The molecule has 0 bridgehead atoms. The number of amides is 1. The largest absolute Gasteiger partial charge is 0.390 e. The van der Waals surface area contributed by atoms with E-state index in [1.165, 1.54) is 22.7 Å². The fourth-order valence-electron chi connectivity index (χ4n) is 2.54. The summed E-state index contributed by atoms with van der Waals surface area (Å²) in [6.45, 7) is 1.78. The van der Waals surface area contributed by atoms with E-state index in [2.05, 4.69) is 22.2 Å². The quantitative estimate of drug-likeness (QED) is 0.776. The molecule has 0 unspecified atom stereocenters. The Labute approximate surface area is 135 Å². The lowest BCUT2D eigenvalue weighted by Gasteiger charge is -2.30. The van der Waals surface area contributed by atoms with Crippen molar-refractivity contribution in [1.29, 1.82) is 0 Å². The summed E-state index contributed by atoms with van der Waals surface area (Å²) in [5.74, 6) is 0.755. The van der Waals surface area contributed by atoms with Crippen LogP contribution in [0.5, 0.6) is 0 Å². The number of hydrogen-bond donors (Lipinski definition) is 3. The van der Waals surface area contributed by atoms with Crippen LogP contribution in [0.1, 0.15) is 30.5 Å². The van der Waals surface area contributed by atoms with Crippen molar-refractivity contribution in [2.45, 2.75) is 33.0 Å². The first-order valence-corrected chi connectivity index (χ1v) is 8.77. The lowest BCUT2D eigenvalue weighted by Crippen LogP contribution is -2.33. The minimum atomic E-state index is -0.203. The molecule has 0 atom stereocenters. The highest BCUT2D eigenvalue weighted by Gasteiger charge is 2.31. The van der Waals surface area contributed by atoms with E-state index >= 15 is 0 Å². The summed E-state index contributed by atoms with van der Waals surface area (Å²) in [6, 6.07) is 0. The number of hydrogen-bond acceptors (Lipinski definition) is 7. The summed E-state index contributed by atoms with van der Waals surface area (Å²) in [5, 5.41) is 24.3. The Morgan fingerprint density at radius 1 is 1.36 bits per heavy atom. The third-order valence-electron chi connectivity index (χ3n) is 3.74. The molecule has 8 heteroatoms. The van der Waals surface area contributed by atoms with Crippen LogP contribution in [0, 0.1) is 11.8 Å². The van der Waals surface area contributed by atoms with Crippen molar-refractivity contribution in [2.75, 3.05) is 5.32 Å². The first-order valence-electron chi connectivity index (χ1n) is 7.07. The fourth-order valence-corrected chi connectivity index (χ4v) is 4.21. The SMILES string of the molecule is CC1CC(C(=O)Nc2nc(-c3sc(CO)nc3CO)cs2)C1. The molecule has 22 heavy (non-hydrogen) atoms. The van der Waals surface area contributed by atoms with Crippen molar-refractivity contribution in [3.8, 4) is 10.6 Å². The third kappa shape index (κ3) is 3.05. The monoisotopic (exact) mass is 339 g/mol.